The number of fused-ring (bicyclic) bond motifs is 1. The van der Waals surface area contributed by atoms with E-state index in [4.69, 9.17) is 9.47 Å². The van der Waals surface area contributed by atoms with Gasteiger partial charge in [0.25, 0.3) is 5.69 Å². The molecule has 0 spiro atoms. The highest BCUT2D eigenvalue weighted by Gasteiger charge is 2.21. The molecule has 0 saturated heterocycles. The number of nitrogens with zero attached hydrogens (tertiary/aromatic N) is 3. The number of aryl methyl sites for hydroxylation is 1. The van der Waals surface area contributed by atoms with Crippen molar-refractivity contribution in [3.8, 4) is 5.75 Å². The number of rotatable bonds is 8. The summed E-state index contributed by atoms with van der Waals surface area (Å²) in [6, 6.07) is 14.0. The number of thiophene rings is 1. The van der Waals surface area contributed by atoms with Crippen molar-refractivity contribution in [2.75, 3.05) is 19.0 Å². The largest absolute Gasteiger partial charge is 0.495 e. The minimum absolute atomic E-state index is 0.0895. The summed E-state index contributed by atoms with van der Waals surface area (Å²) in [5.74, 6) is 0.405. The summed E-state index contributed by atoms with van der Waals surface area (Å²) in [5, 5.41) is 14.9. The number of nitro benzene ring substituents is 1. The van der Waals surface area contributed by atoms with E-state index in [-0.39, 0.29) is 12.3 Å². The average Bonchev–Trinajstić information content (AvgIpc) is 3.17. The van der Waals surface area contributed by atoms with Crippen LogP contribution in [0.4, 0.5) is 17.2 Å². The Kier molecular flexibility index (Phi) is 6.45. The standard InChI is InChI=1S/C23H20N4O5S/c1-14-19-21(26-17-12-16(27(29)30)8-9-18(17)31-2)24-13-25-22(19)33-20(14)23(28)32-11-10-15-6-4-3-5-7-15/h3-9,12-13H,10-11H2,1-2H3,(H,24,25,26). The zero-order valence-corrected chi connectivity index (χ0v) is 18.7. The van der Waals surface area contributed by atoms with Gasteiger partial charge in [0.1, 0.15) is 27.6 Å². The van der Waals surface area contributed by atoms with Gasteiger partial charge in [0.2, 0.25) is 0 Å². The fraction of sp³-hybridized carbons (Fsp3) is 0.174. The molecule has 2 aromatic heterocycles. The van der Waals surface area contributed by atoms with E-state index in [1.807, 2.05) is 30.3 Å². The van der Waals surface area contributed by atoms with Gasteiger partial charge in [-0.05, 0) is 24.1 Å². The van der Waals surface area contributed by atoms with Crippen LogP contribution < -0.4 is 10.1 Å². The first-order valence-corrected chi connectivity index (χ1v) is 10.8. The van der Waals surface area contributed by atoms with Gasteiger partial charge in [-0.15, -0.1) is 11.3 Å². The third kappa shape index (κ3) is 4.75. The number of anilines is 2. The average molecular weight is 465 g/mol. The van der Waals surface area contributed by atoms with Gasteiger partial charge in [-0.1, -0.05) is 30.3 Å². The summed E-state index contributed by atoms with van der Waals surface area (Å²) in [5.41, 5.74) is 2.05. The molecule has 0 atom stereocenters. The Hall–Kier alpha value is -4.05. The van der Waals surface area contributed by atoms with Crippen molar-refractivity contribution < 1.29 is 19.2 Å². The number of nitrogens with one attached hydrogen (secondary N) is 1. The van der Waals surface area contributed by atoms with Gasteiger partial charge in [-0.2, -0.15) is 0 Å². The summed E-state index contributed by atoms with van der Waals surface area (Å²) < 4.78 is 10.8. The van der Waals surface area contributed by atoms with Crippen LogP contribution in [0, 0.1) is 17.0 Å². The molecule has 2 aromatic carbocycles. The number of esters is 1. The smallest absolute Gasteiger partial charge is 0.348 e. The number of methoxy groups -OCH3 is 1. The Morgan fingerprint density at radius 2 is 1.97 bits per heavy atom. The van der Waals surface area contributed by atoms with Crippen LogP contribution in [0.5, 0.6) is 5.75 Å². The van der Waals surface area contributed by atoms with Gasteiger partial charge < -0.3 is 14.8 Å². The van der Waals surface area contributed by atoms with E-state index in [2.05, 4.69) is 15.3 Å². The van der Waals surface area contributed by atoms with Crippen molar-refractivity contribution in [1.29, 1.82) is 0 Å². The van der Waals surface area contributed by atoms with E-state index < -0.39 is 10.9 Å². The fourth-order valence-electron chi connectivity index (χ4n) is 3.37. The third-order valence-electron chi connectivity index (χ3n) is 5.03. The first-order valence-electron chi connectivity index (χ1n) is 10.0. The van der Waals surface area contributed by atoms with E-state index in [1.54, 1.807) is 6.92 Å². The van der Waals surface area contributed by atoms with Crippen molar-refractivity contribution in [3.63, 3.8) is 0 Å². The maximum absolute atomic E-state index is 12.7. The molecule has 168 valence electrons. The number of benzene rings is 2. The molecule has 0 amide bonds. The SMILES string of the molecule is COc1ccc([N+](=O)[O-])cc1Nc1ncnc2sc(C(=O)OCCc3ccccc3)c(C)c12. The zero-order valence-electron chi connectivity index (χ0n) is 17.9. The molecule has 33 heavy (non-hydrogen) atoms. The Morgan fingerprint density at radius 1 is 1.18 bits per heavy atom. The van der Waals surface area contributed by atoms with Gasteiger partial charge in [0.15, 0.2) is 0 Å². The molecular formula is C23H20N4O5S. The van der Waals surface area contributed by atoms with Crippen LogP contribution >= 0.6 is 11.3 Å². The summed E-state index contributed by atoms with van der Waals surface area (Å²) in [6.45, 7) is 2.06. The van der Waals surface area contributed by atoms with E-state index >= 15 is 0 Å². The van der Waals surface area contributed by atoms with Crippen molar-refractivity contribution in [3.05, 3.63) is 81.0 Å². The van der Waals surface area contributed by atoms with E-state index in [0.29, 0.717) is 44.3 Å². The predicted octanol–water partition coefficient (Wildman–Crippen LogP) is 5.06. The highest BCUT2D eigenvalue weighted by atomic mass is 32.1. The van der Waals surface area contributed by atoms with Crippen LogP contribution in [-0.4, -0.2) is 34.6 Å². The number of ether oxygens (including phenoxy) is 2. The molecule has 4 aromatic rings. The minimum atomic E-state index is -0.487. The van der Waals surface area contributed by atoms with E-state index in [1.165, 1.54) is 43.0 Å². The molecule has 0 saturated carbocycles. The fourth-order valence-corrected chi connectivity index (χ4v) is 4.41. The quantitative estimate of drug-likeness (QED) is 0.218. The highest BCUT2D eigenvalue weighted by molar-refractivity contribution is 7.20. The Balaban J connectivity index is 1.60. The van der Waals surface area contributed by atoms with Crippen LogP contribution in [-0.2, 0) is 11.2 Å². The molecule has 0 aliphatic rings. The van der Waals surface area contributed by atoms with Crippen molar-refractivity contribution in [1.82, 2.24) is 9.97 Å². The lowest BCUT2D eigenvalue weighted by Gasteiger charge is -2.11. The second kappa shape index (κ2) is 9.61. The monoisotopic (exact) mass is 464 g/mol. The summed E-state index contributed by atoms with van der Waals surface area (Å²) >= 11 is 1.22. The lowest BCUT2D eigenvalue weighted by atomic mass is 10.2. The first-order chi connectivity index (χ1) is 16.0. The van der Waals surface area contributed by atoms with Gasteiger partial charge in [0, 0.05) is 18.6 Å². The second-order valence-corrected chi connectivity index (χ2v) is 8.10. The van der Waals surface area contributed by atoms with Gasteiger partial charge in [-0.25, -0.2) is 14.8 Å². The van der Waals surface area contributed by atoms with Gasteiger partial charge >= 0.3 is 5.97 Å². The predicted molar refractivity (Wildman–Crippen MR) is 126 cm³/mol. The molecule has 1 N–H and O–H groups in total. The van der Waals surface area contributed by atoms with Crippen molar-refractivity contribution in [2.45, 2.75) is 13.3 Å². The lowest BCUT2D eigenvalue weighted by molar-refractivity contribution is -0.384. The van der Waals surface area contributed by atoms with Crippen LogP contribution in [0.25, 0.3) is 10.2 Å². The van der Waals surface area contributed by atoms with E-state index in [0.717, 1.165) is 5.56 Å². The molecular weight excluding hydrogens is 444 g/mol. The lowest BCUT2D eigenvalue weighted by Crippen LogP contribution is -2.07. The minimum Gasteiger partial charge on any atom is -0.495 e. The number of hydrogen-bond acceptors (Lipinski definition) is 9. The highest BCUT2D eigenvalue weighted by Crippen LogP contribution is 2.37. The first kappa shape index (κ1) is 22.2. The van der Waals surface area contributed by atoms with Crippen LogP contribution in [0.2, 0.25) is 0 Å². The Morgan fingerprint density at radius 3 is 2.70 bits per heavy atom. The molecule has 0 unspecified atom stereocenters. The third-order valence-corrected chi connectivity index (χ3v) is 6.21. The normalized spacial score (nSPS) is 10.7. The molecule has 4 rings (SSSR count). The molecule has 0 aliphatic carbocycles. The molecule has 10 heteroatoms. The van der Waals surface area contributed by atoms with Crippen LogP contribution in [0.1, 0.15) is 20.8 Å². The maximum Gasteiger partial charge on any atom is 0.348 e. The number of aromatic nitrogens is 2. The summed E-state index contributed by atoms with van der Waals surface area (Å²) in [4.78, 5) is 33.1. The van der Waals surface area contributed by atoms with Crippen LogP contribution in [0.3, 0.4) is 0 Å². The summed E-state index contributed by atoms with van der Waals surface area (Å²) in [7, 11) is 1.47. The van der Waals surface area contributed by atoms with Crippen LogP contribution in [0.15, 0.2) is 54.9 Å². The zero-order chi connectivity index (χ0) is 23.4. The Bertz CT molecular complexity index is 1320. The van der Waals surface area contributed by atoms with Gasteiger partial charge in [0.05, 0.1) is 29.7 Å². The number of non-ortho nitro benzene ring substituents is 1. The number of carbonyl (C=O) groups is 1. The van der Waals surface area contributed by atoms with E-state index in [9.17, 15) is 14.9 Å². The maximum atomic E-state index is 12.7. The summed E-state index contributed by atoms with van der Waals surface area (Å²) in [6.07, 6.45) is 1.99. The number of nitro groups is 1. The molecule has 0 radical (unpaired) electrons. The Labute approximate surface area is 193 Å². The topological polar surface area (TPSA) is 116 Å². The second-order valence-electron chi connectivity index (χ2n) is 7.10. The number of hydrogen-bond donors (Lipinski definition) is 1. The van der Waals surface area contributed by atoms with Gasteiger partial charge in [-0.3, -0.25) is 10.1 Å². The molecule has 9 nitrogen and oxygen atoms in total. The molecule has 0 bridgehead atoms. The molecule has 0 fully saturated rings. The van der Waals surface area contributed by atoms with Crippen molar-refractivity contribution in [2.24, 2.45) is 0 Å². The number of carbonyl (C=O) groups excluding carboxylic acids is 1. The molecule has 2 heterocycles. The molecule has 0 aliphatic heterocycles. The van der Waals surface area contributed by atoms with Crippen molar-refractivity contribution >= 4 is 44.7 Å².